The molecule has 0 unspecified atom stereocenters. The van der Waals surface area contributed by atoms with E-state index in [1.165, 1.54) is 103 Å². The van der Waals surface area contributed by atoms with Crippen molar-refractivity contribution in [1.82, 2.24) is 58.9 Å². The smallest absolute Gasteiger partial charge is 0.412 e. The molecule has 16 rings (SSSR count). The highest BCUT2D eigenvalue weighted by atomic mass is 35.5. The number of ether oxygens (including phenoxy) is 2. The Balaban J connectivity index is 0.000000158. The van der Waals surface area contributed by atoms with E-state index >= 15 is 0 Å². The van der Waals surface area contributed by atoms with Gasteiger partial charge in [0.2, 0.25) is 43.7 Å². The monoisotopic (exact) mass is 2040 g/mol. The quantitative estimate of drug-likeness (QED) is 0.0278. The summed E-state index contributed by atoms with van der Waals surface area (Å²) in [5.41, 5.74) is 15.7. The van der Waals surface area contributed by atoms with Crippen molar-refractivity contribution in [3.05, 3.63) is 277 Å². The third-order valence-electron chi connectivity index (χ3n) is 21.0. The SMILES string of the molecule is CC(=O)Nc1cc(-c2cnc(C)c(CS(=O)(=O)c3cccc(F)c3Cl)c2)ccn1.CC(=O)Nc1cc(-c2cnc(N)c(N3CCCN(C)S3(=O)=O)c2)ccn1.CC(=O)Nc1cc(-c2cncc(N3CCCCS3(=O)=O)c2)ccn1.CC(=O)Nc1cc(-c2cncc(S(=O)(=O)NCc3ccccc3)c2)ccn1.Cc1ncc(-c2ccnc(NC(=O)OCC3(C)COC3)c2)cc1NS(=O)(=O)c1ccc(F)cc1F. The summed E-state index contributed by atoms with van der Waals surface area (Å²) >= 11 is 5.86. The first-order valence-electron chi connectivity index (χ1n) is 42.8. The molecule has 9 N–H and O–H groups in total. The number of halogens is 4. The molecule has 141 heavy (non-hydrogen) atoms. The molecular weight excluding hydrogens is 1950 g/mol. The van der Waals surface area contributed by atoms with Crippen molar-refractivity contribution in [3.63, 3.8) is 0 Å². The summed E-state index contributed by atoms with van der Waals surface area (Å²) in [4.78, 5) is 97.3. The minimum atomic E-state index is -4.35. The Bertz CT molecular complexity index is 7470. The van der Waals surface area contributed by atoms with Crippen LogP contribution in [0.2, 0.25) is 5.02 Å². The fourth-order valence-electron chi connectivity index (χ4n) is 13.9. The van der Waals surface area contributed by atoms with Gasteiger partial charge in [-0.15, -0.1) is 0 Å². The number of hydrogen-bond acceptors (Lipinski definition) is 28. The van der Waals surface area contributed by atoms with Gasteiger partial charge < -0.3 is 36.5 Å². The second kappa shape index (κ2) is 46.3. The van der Waals surface area contributed by atoms with E-state index in [1.54, 1.807) is 136 Å². The Morgan fingerprint density at radius 2 is 0.993 bits per heavy atom. The van der Waals surface area contributed by atoms with Crippen LogP contribution in [0.25, 0.3) is 55.6 Å². The van der Waals surface area contributed by atoms with Crippen molar-refractivity contribution in [2.24, 2.45) is 5.41 Å². The standard InChI is InChI=1S/C23H22F2N4O5S.C20H17ClFN3O3S.C19H18N4O3S.C16H20N6O3S.C16H18N4O3S/c1-14-19(29-35(31,32)20-4-3-17(24)9-18(20)25)7-16(10-27-14)15-5-6-26-21(8-15)28-22(30)34-13-23(2)11-33-12-23;1-12-16(11-29(27,28)18-5-3-4-17(22)20(18)21)8-15(10-24-12)14-6-7-23-19(9-14)25-13(2)26;1-14(24)23-19-10-16(7-8-21-19)17-9-18(13-20-12-17)27(25,26)22-11-15-5-3-2-4-6-15;1-11(23)20-15-9-12(4-5-18-15)13-8-14(16(17)19-10-13)22-7-3-6-21(2)26(22,24)25;1-12(21)19-16-9-13(4-5-18-16)14-8-15(11-17-10-14)20-6-2-3-7-24(20,22)23/h3-10,29H,11-13H2,1-2H3,(H,26,28,30);3-10H,11H2,1-2H3,(H,23,25,26);2-10,12-13,22H,11H2,1H3,(H,21,23,24);4-5,8-10H,3,6-7H2,1-2H3,(H2,17,19)(H,18,20,23);4-5,8-11H,2-3,6-7H2,1H3,(H,18,19,21). The summed E-state index contributed by atoms with van der Waals surface area (Å²) in [6, 6.07) is 40.3. The molecule has 38 nitrogen and oxygen atoms in total. The topological polar surface area (TPSA) is 523 Å². The van der Waals surface area contributed by atoms with Gasteiger partial charge in [0.1, 0.15) is 68.8 Å². The van der Waals surface area contributed by atoms with Crippen molar-refractivity contribution in [2.75, 3.05) is 97.9 Å². The molecule has 10 aromatic heterocycles. The van der Waals surface area contributed by atoms with Crippen LogP contribution in [-0.2, 0) is 91.1 Å². The maximum absolute atomic E-state index is 14.1. The van der Waals surface area contributed by atoms with Crippen LogP contribution in [0.5, 0.6) is 0 Å². The van der Waals surface area contributed by atoms with Crippen molar-refractivity contribution < 1.29 is 88.7 Å². The maximum Gasteiger partial charge on any atom is 0.412 e. The molecule has 3 aliphatic rings. The van der Waals surface area contributed by atoms with Crippen LogP contribution in [0.15, 0.2) is 247 Å². The molecule has 0 aliphatic carbocycles. The van der Waals surface area contributed by atoms with E-state index in [4.69, 9.17) is 26.8 Å². The number of nitrogens with two attached hydrogens (primary N) is 1. The zero-order chi connectivity index (χ0) is 102. The lowest BCUT2D eigenvalue weighted by Crippen LogP contribution is -2.48. The molecular formula is C94H95ClF3N21O17S5. The number of sulfonamides is 3. The van der Waals surface area contributed by atoms with E-state index in [2.05, 4.69) is 85.9 Å². The first-order chi connectivity index (χ1) is 66.9. The molecule has 3 aromatic carbocycles. The average molecular weight is 2040 g/mol. The van der Waals surface area contributed by atoms with Crippen LogP contribution in [0.4, 0.5) is 69.9 Å². The highest BCUT2D eigenvalue weighted by molar-refractivity contribution is 7.93. The number of benzene rings is 3. The van der Waals surface area contributed by atoms with Gasteiger partial charge in [-0.1, -0.05) is 54.9 Å². The normalized spacial score (nSPS) is 14.1. The van der Waals surface area contributed by atoms with E-state index in [0.29, 0.717) is 142 Å². The molecule has 0 spiro atoms. The number of pyridine rings is 10. The Morgan fingerprint density at radius 3 is 1.52 bits per heavy atom. The van der Waals surface area contributed by atoms with Crippen molar-refractivity contribution >= 4 is 143 Å². The number of nitrogens with one attached hydrogen (secondary N) is 7. The van der Waals surface area contributed by atoms with Gasteiger partial charge in [-0.05, 0) is 187 Å². The predicted octanol–water partition coefficient (Wildman–Crippen LogP) is 14.0. The lowest BCUT2D eigenvalue weighted by molar-refractivity contribution is -0.125. The van der Waals surface area contributed by atoms with Gasteiger partial charge in [0.25, 0.3) is 10.0 Å². The van der Waals surface area contributed by atoms with E-state index < -0.39 is 83.6 Å². The number of amides is 5. The molecule has 3 aliphatic heterocycles. The van der Waals surface area contributed by atoms with Crippen LogP contribution < -0.4 is 50.4 Å². The van der Waals surface area contributed by atoms with Crippen LogP contribution in [-0.4, -0.2) is 178 Å². The minimum absolute atomic E-state index is 0.0637. The van der Waals surface area contributed by atoms with E-state index in [1.807, 2.05) is 37.3 Å². The summed E-state index contributed by atoms with van der Waals surface area (Å²) in [5, 5.41) is 12.6. The average Bonchev–Trinajstić information content (AvgIpc) is 0.760. The molecule has 736 valence electrons. The Kier molecular flexibility index (Phi) is 34.5. The molecule has 3 saturated heterocycles. The number of carbonyl (C=O) groups excluding carboxylic acids is 5. The van der Waals surface area contributed by atoms with Crippen molar-refractivity contribution in [2.45, 2.75) is 94.7 Å². The fourth-order valence-corrected chi connectivity index (χ4v) is 21.1. The summed E-state index contributed by atoms with van der Waals surface area (Å²) in [5.74, 6) is -2.07. The van der Waals surface area contributed by atoms with Crippen molar-refractivity contribution in [3.8, 4) is 55.6 Å². The van der Waals surface area contributed by atoms with Crippen molar-refractivity contribution in [1.29, 1.82) is 0 Å². The van der Waals surface area contributed by atoms with Gasteiger partial charge in [0, 0.05) is 174 Å². The van der Waals surface area contributed by atoms with Gasteiger partial charge in [-0.25, -0.2) is 86.3 Å². The molecule has 0 bridgehead atoms. The zero-order valence-electron chi connectivity index (χ0n) is 76.8. The van der Waals surface area contributed by atoms with Crippen LogP contribution in [0.3, 0.4) is 0 Å². The molecule has 13 aromatic rings. The number of aryl methyl sites for hydroxylation is 2. The lowest BCUT2D eigenvalue weighted by atomic mass is 9.90. The first kappa shape index (κ1) is 105. The predicted molar refractivity (Wildman–Crippen MR) is 526 cm³/mol. The molecule has 13 heterocycles. The molecule has 3 fully saturated rings. The summed E-state index contributed by atoms with van der Waals surface area (Å²) in [6.45, 7) is 13.5. The van der Waals surface area contributed by atoms with E-state index in [-0.39, 0.29) is 80.8 Å². The largest absolute Gasteiger partial charge is 0.449 e. The van der Waals surface area contributed by atoms with Gasteiger partial charge in [-0.3, -0.25) is 57.8 Å². The van der Waals surface area contributed by atoms with Crippen LogP contribution >= 0.6 is 11.6 Å². The minimum Gasteiger partial charge on any atom is -0.449 e. The van der Waals surface area contributed by atoms with E-state index in [0.717, 1.165) is 46.9 Å². The van der Waals surface area contributed by atoms with Gasteiger partial charge >= 0.3 is 16.3 Å². The first-order valence-corrected chi connectivity index (χ1v) is 50.8. The molecule has 0 atom stereocenters. The lowest BCUT2D eigenvalue weighted by Gasteiger charge is -2.37. The summed E-state index contributed by atoms with van der Waals surface area (Å²) in [7, 11) is -17.3. The summed E-state index contributed by atoms with van der Waals surface area (Å²) in [6.07, 6.45) is 20.0. The molecule has 47 heteroatoms. The number of carbonyl (C=O) groups is 5. The fraction of sp³-hybridized carbons (Fsp3) is 0.223. The summed E-state index contributed by atoms with van der Waals surface area (Å²) < 4.78 is 186. The zero-order valence-corrected chi connectivity index (χ0v) is 81.6. The maximum atomic E-state index is 14.1. The number of nitrogen functional groups attached to an aromatic ring is 1. The molecule has 0 radical (unpaired) electrons. The molecule has 5 amide bonds. The number of hydrogen-bond donors (Lipinski definition) is 8. The van der Waals surface area contributed by atoms with E-state index in [9.17, 15) is 79.2 Å². The van der Waals surface area contributed by atoms with Gasteiger partial charge in [0.15, 0.2) is 9.84 Å². The van der Waals surface area contributed by atoms with Crippen LogP contribution in [0, 0.1) is 36.7 Å². The third-order valence-corrected chi connectivity index (χ3v) is 29.8. The Morgan fingerprint density at radius 1 is 0.496 bits per heavy atom. The van der Waals surface area contributed by atoms with Crippen LogP contribution in [0.1, 0.15) is 76.4 Å². The highest BCUT2D eigenvalue weighted by Gasteiger charge is 2.36. The number of anilines is 9. The second-order valence-corrected chi connectivity index (χ2v) is 42.1. The highest BCUT2D eigenvalue weighted by Crippen LogP contribution is 2.37. The number of aromatic nitrogens is 10. The molecule has 0 saturated carbocycles. The third kappa shape index (κ3) is 28.7. The Labute approximate surface area is 816 Å². The number of sulfone groups is 1. The number of nitrogens with zero attached hydrogens (tertiary/aromatic N) is 13. The Hall–Kier alpha value is -14.8. The number of rotatable bonds is 24. The van der Waals surface area contributed by atoms with Gasteiger partial charge in [0.05, 0.1) is 63.6 Å². The van der Waals surface area contributed by atoms with Gasteiger partial charge in [-0.2, -0.15) is 12.7 Å². The second-order valence-electron chi connectivity index (χ2n) is 32.3.